The molecule has 2 atom stereocenters. The Morgan fingerprint density at radius 1 is 1.22 bits per heavy atom. The molecule has 198 valence electrons. The van der Waals surface area contributed by atoms with E-state index in [2.05, 4.69) is 27.6 Å². The molecule has 0 bridgehead atoms. The van der Waals surface area contributed by atoms with Gasteiger partial charge in [-0.1, -0.05) is 48.7 Å². The standard InChI is InChI=1S/C29H38N4O4/c1-20-26(21(2)37-32-20)22-14-15-25(30-19-22)31-24-13-9-10-16-29(24,23-11-7-6-8-12-23)33(17-18-34)27(35)36-28(3,4)5/h9-10,13-16,18-19,23-24H,6-8,11-12,17H2,1-5H3,(H,30,31)/t24?,29-/m1/s1. The van der Waals surface area contributed by atoms with E-state index in [1.807, 2.05) is 58.9 Å². The maximum absolute atomic E-state index is 13.6. The lowest BCUT2D eigenvalue weighted by Crippen LogP contribution is -2.65. The Labute approximate surface area is 219 Å². The molecule has 1 N–H and O–H groups in total. The molecule has 37 heavy (non-hydrogen) atoms. The maximum atomic E-state index is 13.6. The van der Waals surface area contributed by atoms with Crippen LogP contribution in [0.1, 0.15) is 64.3 Å². The summed E-state index contributed by atoms with van der Waals surface area (Å²) in [6, 6.07) is 3.62. The number of aromatic nitrogens is 2. The molecule has 0 aliphatic heterocycles. The largest absolute Gasteiger partial charge is 0.444 e. The van der Waals surface area contributed by atoms with Gasteiger partial charge in [0.15, 0.2) is 0 Å². The zero-order valence-corrected chi connectivity index (χ0v) is 22.5. The highest BCUT2D eigenvalue weighted by atomic mass is 16.6. The van der Waals surface area contributed by atoms with Gasteiger partial charge < -0.3 is 19.4 Å². The van der Waals surface area contributed by atoms with Crippen molar-refractivity contribution in [3.05, 3.63) is 54.1 Å². The van der Waals surface area contributed by atoms with Crippen LogP contribution < -0.4 is 5.32 Å². The van der Waals surface area contributed by atoms with Gasteiger partial charge in [-0.15, -0.1) is 0 Å². The number of anilines is 1. The van der Waals surface area contributed by atoms with Crippen LogP contribution >= 0.6 is 0 Å². The Bertz CT molecular complexity index is 1140. The Hall–Kier alpha value is -3.42. The second-order valence-corrected chi connectivity index (χ2v) is 11.0. The van der Waals surface area contributed by atoms with Gasteiger partial charge in [-0.25, -0.2) is 9.78 Å². The van der Waals surface area contributed by atoms with Crippen molar-refractivity contribution < 1.29 is 18.8 Å². The number of hydrogen-bond donors (Lipinski definition) is 1. The van der Waals surface area contributed by atoms with Gasteiger partial charge in [-0.2, -0.15) is 0 Å². The average Bonchev–Trinajstić information content (AvgIpc) is 3.21. The lowest BCUT2D eigenvalue weighted by molar-refractivity contribution is -0.110. The third-order valence-electron chi connectivity index (χ3n) is 7.26. The number of hydrogen-bond acceptors (Lipinski definition) is 7. The summed E-state index contributed by atoms with van der Waals surface area (Å²) in [4.78, 5) is 31.8. The molecule has 2 aliphatic carbocycles. The van der Waals surface area contributed by atoms with Crippen LogP contribution in [0.15, 0.2) is 47.2 Å². The second-order valence-electron chi connectivity index (χ2n) is 11.0. The quantitative estimate of drug-likeness (QED) is 0.459. The summed E-state index contributed by atoms with van der Waals surface area (Å²) in [5.41, 5.74) is 1.23. The van der Waals surface area contributed by atoms with Crippen LogP contribution in [0.25, 0.3) is 11.1 Å². The molecule has 0 radical (unpaired) electrons. The number of nitrogens with zero attached hydrogens (tertiary/aromatic N) is 3. The number of allylic oxidation sites excluding steroid dienone is 2. The highest BCUT2D eigenvalue weighted by Crippen LogP contribution is 2.43. The van der Waals surface area contributed by atoms with Gasteiger partial charge in [0.05, 0.1) is 23.8 Å². The van der Waals surface area contributed by atoms with Gasteiger partial charge in [-0.3, -0.25) is 4.90 Å². The Kier molecular flexibility index (Phi) is 7.85. The Morgan fingerprint density at radius 2 is 1.97 bits per heavy atom. The Balaban J connectivity index is 1.71. The fraction of sp³-hybridized carbons (Fsp3) is 0.517. The fourth-order valence-corrected chi connectivity index (χ4v) is 5.70. The zero-order valence-electron chi connectivity index (χ0n) is 22.5. The van der Waals surface area contributed by atoms with Gasteiger partial charge in [0.1, 0.15) is 23.5 Å². The number of carbonyl (C=O) groups is 2. The lowest BCUT2D eigenvalue weighted by Gasteiger charge is -2.52. The third kappa shape index (κ3) is 5.63. The summed E-state index contributed by atoms with van der Waals surface area (Å²) in [6.07, 6.45) is 15.5. The van der Waals surface area contributed by atoms with Gasteiger partial charge >= 0.3 is 6.09 Å². The number of ether oxygens (including phenoxy) is 1. The van der Waals surface area contributed by atoms with E-state index < -0.39 is 17.2 Å². The van der Waals surface area contributed by atoms with E-state index >= 15 is 0 Å². The van der Waals surface area contributed by atoms with Crippen LogP contribution in [0.2, 0.25) is 0 Å². The number of carbonyl (C=O) groups excluding carboxylic acids is 2. The summed E-state index contributed by atoms with van der Waals surface area (Å²) >= 11 is 0. The molecule has 4 rings (SSSR count). The third-order valence-corrected chi connectivity index (χ3v) is 7.26. The fourth-order valence-electron chi connectivity index (χ4n) is 5.70. The number of amides is 1. The first-order valence-corrected chi connectivity index (χ1v) is 13.1. The minimum atomic E-state index is -0.777. The SMILES string of the molecule is Cc1noc(C)c1-c1ccc(NC2C=CC=C[C@]2(C2CCCCC2)N(CC=O)C(=O)OC(C)(C)C)nc1. The topological polar surface area (TPSA) is 97.6 Å². The molecule has 2 aromatic heterocycles. The van der Waals surface area contributed by atoms with Crippen molar-refractivity contribution in [2.45, 2.75) is 83.9 Å². The van der Waals surface area contributed by atoms with E-state index in [1.54, 1.807) is 11.1 Å². The molecular weight excluding hydrogens is 468 g/mol. The van der Waals surface area contributed by atoms with Crippen molar-refractivity contribution in [3.63, 3.8) is 0 Å². The Morgan fingerprint density at radius 3 is 2.57 bits per heavy atom. The van der Waals surface area contributed by atoms with Crippen LogP contribution in [0, 0.1) is 19.8 Å². The molecule has 8 nitrogen and oxygen atoms in total. The van der Waals surface area contributed by atoms with Crippen LogP contribution in [0.5, 0.6) is 0 Å². The molecule has 8 heteroatoms. The molecule has 2 aromatic rings. The van der Waals surface area contributed by atoms with Crippen LogP contribution in [-0.4, -0.2) is 51.1 Å². The van der Waals surface area contributed by atoms with Crippen molar-refractivity contribution in [1.29, 1.82) is 0 Å². The monoisotopic (exact) mass is 506 g/mol. The van der Waals surface area contributed by atoms with Crippen LogP contribution in [0.3, 0.4) is 0 Å². The number of pyridine rings is 1. The molecule has 1 saturated carbocycles. The van der Waals surface area contributed by atoms with E-state index in [1.165, 1.54) is 6.42 Å². The predicted molar refractivity (Wildman–Crippen MR) is 143 cm³/mol. The first-order chi connectivity index (χ1) is 17.7. The first kappa shape index (κ1) is 26.6. The van der Waals surface area contributed by atoms with Crippen molar-refractivity contribution >= 4 is 18.2 Å². The lowest BCUT2D eigenvalue weighted by atomic mass is 9.68. The van der Waals surface area contributed by atoms with Gasteiger partial charge in [0.25, 0.3) is 0 Å². The number of aryl methyl sites for hydroxylation is 2. The van der Waals surface area contributed by atoms with E-state index in [0.29, 0.717) is 5.82 Å². The van der Waals surface area contributed by atoms with Crippen molar-refractivity contribution in [2.24, 2.45) is 5.92 Å². The second kappa shape index (κ2) is 10.9. The summed E-state index contributed by atoms with van der Waals surface area (Å²) in [5.74, 6) is 1.59. The summed E-state index contributed by atoms with van der Waals surface area (Å²) in [6.45, 7) is 9.27. The predicted octanol–water partition coefficient (Wildman–Crippen LogP) is 6.02. The average molecular weight is 507 g/mol. The zero-order chi connectivity index (χ0) is 26.6. The molecule has 1 amide bonds. The van der Waals surface area contributed by atoms with E-state index in [0.717, 1.165) is 54.6 Å². The molecular formula is C29H38N4O4. The van der Waals surface area contributed by atoms with Gasteiger partial charge in [0, 0.05) is 17.3 Å². The number of nitrogens with one attached hydrogen (secondary N) is 1. The maximum Gasteiger partial charge on any atom is 0.411 e. The summed E-state index contributed by atoms with van der Waals surface area (Å²) in [5, 5.41) is 7.62. The van der Waals surface area contributed by atoms with E-state index in [-0.39, 0.29) is 18.5 Å². The highest BCUT2D eigenvalue weighted by Gasteiger charge is 2.51. The summed E-state index contributed by atoms with van der Waals surface area (Å²) in [7, 11) is 0. The highest BCUT2D eigenvalue weighted by molar-refractivity contribution is 5.74. The summed E-state index contributed by atoms with van der Waals surface area (Å²) < 4.78 is 11.1. The van der Waals surface area contributed by atoms with Gasteiger partial charge in [0.2, 0.25) is 0 Å². The molecule has 0 saturated heterocycles. The van der Waals surface area contributed by atoms with Gasteiger partial charge in [-0.05, 0) is 65.5 Å². The molecule has 2 aliphatic rings. The van der Waals surface area contributed by atoms with Crippen molar-refractivity contribution in [1.82, 2.24) is 15.0 Å². The van der Waals surface area contributed by atoms with Crippen LogP contribution in [-0.2, 0) is 9.53 Å². The van der Waals surface area contributed by atoms with E-state index in [9.17, 15) is 9.59 Å². The molecule has 0 spiro atoms. The number of aldehydes is 1. The van der Waals surface area contributed by atoms with E-state index in [4.69, 9.17) is 9.26 Å². The van der Waals surface area contributed by atoms with Crippen LogP contribution in [0.4, 0.5) is 10.6 Å². The normalized spacial score (nSPS) is 22.0. The minimum absolute atomic E-state index is 0.0554. The molecule has 1 fully saturated rings. The number of rotatable bonds is 7. The minimum Gasteiger partial charge on any atom is -0.444 e. The molecule has 2 heterocycles. The molecule has 1 unspecified atom stereocenters. The molecule has 0 aromatic carbocycles. The van der Waals surface area contributed by atoms with Crippen molar-refractivity contribution in [3.8, 4) is 11.1 Å². The van der Waals surface area contributed by atoms with Crippen molar-refractivity contribution in [2.75, 3.05) is 11.9 Å². The first-order valence-electron chi connectivity index (χ1n) is 13.1. The smallest absolute Gasteiger partial charge is 0.411 e.